The minimum absolute atomic E-state index is 0.738. The second-order valence-electron chi connectivity index (χ2n) is 3.94. The molecule has 5 heteroatoms. The van der Waals surface area contributed by atoms with Crippen molar-refractivity contribution in [3.63, 3.8) is 0 Å². The minimum atomic E-state index is 0.738. The van der Waals surface area contributed by atoms with Gasteiger partial charge < -0.3 is 4.90 Å². The third-order valence-corrected chi connectivity index (χ3v) is 3.71. The smallest absolute Gasteiger partial charge is 0.150 e. The fourth-order valence-electron chi connectivity index (χ4n) is 1.45. The van der Waals surface area contributed by atoms with Crippen LogP contribution in [0.15, 0.2) is 16.8 Å². The molecule has 0 aromatic carbocycles. The second-order valence-corrected chi connectivity index (χ2v) is 5.09. The molecule has 0 amide bonds. The van der Waals surface area contributed by atoms with Crippen molar-refractivity contribution in [2.45, 2.75) is 13.5 Å². The van der Waals surface area contributed by atoms with E-state index in [1.54, 1.807) is 11.3 Å². The molecule has 0 atom stereocenters. The monoisotopic (exact) mass is 255 g/mol. The molecule has 2 rings (SSSR count). The van der Waals surface area contributed by atoms with Gasteiger partial charge in [0.05, 0.1) is 11.6 Å². The van der Waals surface area contributed by atoms with Crippen molar-refractivity contribution in [1.82, 2.24) is 9.78 Å². The Morgan fingerprint density at radius 2 is 2.19 bits per heavy atom. The predicted molar refractivity (Wildman–Crippen MR) is 69.7 cm³/mol. The van der Waals surface area contributed by atoms with Crippen molar-refractivity contribution in [3.8, 4) is 0 Å². The topological polar surface area (TPSA) is 21.1 Å². The molecule has 2 aromatic rings. The van der Waals surface area contributed by atoms with E-state index in [9.17, 15) is 0 Å². The highest BCUT2D eigenvalue weighted by Crippen LogP contribution is 2.22. The third-order valence-electron chi connectivity index (χ3n) is 2.44. The van der Waals surface area contributed by atoms with Crippen molar-refractivity contribution in [2.75, 3.05) is 19.0 Å². The summed E-state index contributed by atoms with van der Waals surface area (Å²) in [6.07, 6.45) is 0. The molecule has 0 fully saturated rings. The van der Waals surface area contributed by atoms with Gasteiger partial charge in [0.2, 0.25) is 0 Å². The molecule has 0 spiro atoms. The van der Waals surface area contributed by atoms with Gasteiger partial charge in [-0.25, -0.2) is 0 Å². The average molecular weight is 256 g/mol. The van der Waals surface area contributed by atoms with E-state index in [2.05, 4.69) is 23.5 Å². The summed E-state index contributed by atoms with van der Waals surface area (Å²) in [5.74, 6) is 0.976. The first-order valence-corrected chi connectivity index (χ1v) is 6.32. The van der Waals surface area contributed by atoms with Crippen molar-refractivity contribution in [3.05, 3.63) is 33.1 Å². The maximum absolute atomic E-state index is 6.07. The molecule has 0 saturated carbocycles. The van der Waals surface area contributed by atoms with Crippen LogP contribution in [0.1, 0.15) is 11.3 Å². The van der Waals surface area contributed by atoms with E-state index in [0.29, 0.717) is 0 Å². The lowest BCUT2D eigenvalue weighted by Gasteiger charge is -2.07. The Hall–Kier alpha value is -1.00. The Balaban J connectivity index is 2.25. The van der Waals surface area contributed by atoms with Gasteiger partial charge >= 0.3 is 0 Å². The standard InChI is InChI=1S/C11H14ClN3S/c1-8-4-11(14(2)3)13-15(8)5-9-6-16-7-10(9)12/h4,6-7H,5H2,1-3H3. The molecule has 2 heterocycles. The molecular weight excluding hydrogens is 242 g/mol. The maximum Gasteiger partial charge on any atom is 0.150 e. The van der Waals surface area contributed by atoms with Gasteiger partial charge in [-0.1, -0.05) is 11.6 Å². The second kappa shape index (κ2) is 4.47. The SMILES string of the molecule is Cc1cc(N(C)C)nn1Cc1cscc1Cl. The molecule has 2 aromatic heterocycles. The highest BCUT2D eigenvalue weighted by atomic mass is 35.5. The van der Waals surface area contributed by atoms with E-state index in [0.717, 1.165) is 28.6 Å². The number of hydrogen-bond acceptors (Lipinski definition) is 3. The highest BCUT2D eigenvalue weighted by molar-refractivity contribution is 7.08. The first-order valence-electron chi connectivity index (χ1n) is 5.00. The number of nitrogens with zero attached hydrogens (tertiary/aromatic N) is 3. The molecule has 0 aliphatic carbocycles. The van der Waals surface area contributed by atoms with Crippen LogP contribution in [0, 0.1) is 6.92 Å². The van der Waals surface area contributed by atoms with Gasteiger partial charge in [-0.2, -0.15) is 16.4 Å². The molecule has 0 bridgehead atoms. The number of thiophene rings is 1. The van der Waals surface area contributed by atoms with Crippen LogP contribution in [0.2, 0.25) is 5.02 Å². The molecular formula is C11H14ClN3S. The summed E-state index contributed by atoms with van der Waals surface area (Å²) in [5, 5.41) is 9.35. The van der Waals surface area contributed by atoms with E-state index in [1.165, 1.54) is 0 Å². The third kappa shape index (κ3) is 2.23. The van der Waals surface area contributed by atoms with Crippen molar-refractivity contribution in [2.24, 2.45) is 0 Å². The van der Waals surface area contributed by atoms with E-state index in [4.69, 9.17) is 11.6 Å². The number of hydrogen-bond donors (Lipinski definition) is 0. The van der Waals surface area contributed by atoms with E-state index in [-0.39, 0.29) is 0 Å². The fraction of sp³-hybridized carbons (Fsp3) is 0.364. The maximum atomic E-state index is 6.07. The molecule has 86 valence electrons. The summed E-state index contributed by atoms with van der Waals surface area (Å²) in [6, 6.07) is 2.07. The number of aryl methyl sites for hydroxylation is 1. The van der Waals surface area contributed by atoms with Gasteiger partial charge in [0.15, 0.2) is 0 Å². The van der Waals surface area contributed by atoms with Crippen LogP contribution in [0.3, 0.4) is 0 Å². The number of halogens is 1. The summed E-state index contributed by atoms with van der Waals surface area (Å²) in [6.45, 7) is 2.79. The van der Waals surface area contributed by atoms with E-state index in [1.807, 2.05) is 29.1 Å². The van der Waals surface area contributed by atoms with E-state index < -0.39 is 0 Å². The summed E-state index contributed by atoms with van der Waals surface area (Å²) >= 11 is 7.69. The Morgan fingerprint density at radius 3 is 2.69 bits per heavy atom. The van der Waals surface area contributed by atoms with Crippen molar-refractivity contribution < 1.29 is 0 Å². The average Bonchev–Trinajstić information content (AvgIpc) is 2.76. The lowest BCUT2D eigenvalue weighted by atomic mass is 10.3. The van der Waals surface area contributed by atoms with Crippen LogP contribution < -0.4 is 4.90 Å². The van der Waals surface area contributed by atoms with Crippen LogP contribution in [0.25, 0.3) is 0 Å². The number of rotatable bonds is 3. The Morgan fingerprint density at radius 1 is 1.44 bits per heavy atom. The van der Waals surface area contributed by atoms with Crippen LogP contribution in [0.4, 0.5) is 5.82 Å². The zero-order valence-electron chi connectivity index (χ0n) is 9.57. The van der Waals surface area contributed by atoms with Gasteiger partial charge in [0.25, 0.3) is 0 Å². The normalized spacial score (nSPS) is 10.8. The minimum Gasteiger partial charge on any atom is -0.361 e. The zero-order valence-corrected chi connectivity index (χ0v) is 11.1. The Labute approximate surface area is 104 Å². The largest absolute Gasteiger partial charge is 0.361 e. The Kier molecular flexibility index (Phi) is 3.21. The number of aromatic nitrogens is 2. The van der Waals surface area contributed by atoms with Crippen LogP contribution in [-0.2, 0) is 6.54 Å². The molecule has 16 heavy (non-hydrogen) atoms. The van der Waals surface area contributed by atoms with E-state index >= 15 is 0 Å². The molecule has 0 unspecified atom stereocenters. The summed E-state index contributed by atoms with van der Waals surface area (Å²) < 4.78 is 1.98. The molecule has 0 aliphatic heterocycles. The first-order chi connectivity index (χ1) is 7.58. The molecule has 0 aliphatic rings. The fourth-order valence-corrected chi connectivity index (χ4v) is 2.49. The van der Waals surface area contributed by atoms with Crippen LogP contribution >= 0.6 is 22.9 Å². The molecule has 0 radical (unpaired) electrons. The highest BCUT2D eigenvalue weighted by Gasteiger charge is 2.08. The molecule has 0 N–H and O–H groups in total. The zero-order chi connectivity index (χ0) is 11.7. The van der Waals surface area contributed by atoms with Gasteiger partial charge in [0.1, 0.15) is 5.82 Å². The summed E-state index contributed by atoms with van der Waals surface area (Å²) in [7, 11) is 3.98. The number of anilines is 1. The van der Waals surface area contributed by atoms with Gasteiger partial charge in [-0.05, 0) is 12.3 Å². The van der Waals surface area contributed by atoms with Crippen LogP contribution in [0.5, 0.6) is 0 Å². The quantitative estimate of drug-likeness (QED) is 0.841. The predicted octanol–water partition coefficient (Wildman–Crippen LogP) is 3.02. The first kappa shape index (κ1) is 11.5. The summed E-state index contributed by atoms with van der Waals surface area (Å²) in [4.78, 5) is 2.00. The van der Waals surface area contributed by atoms with Gasteiger partial charge in [-0.15, -0.1) is 0 Å². The van der Waals surface area contributed by atoms with Crippen molar-refractivity contribution >= 4 is 28.8 Å². The molecule has 0 saturated heterocycles. The lowest BCUT2D eigenvalue weighted by Crippen LogP contribution is -2.10. The Bertz CT molecular complexity index is 487. The van der Waals surface area contributed by atoms with Crippen LogP contribution in [-0.4, -0.2) is 23.9 Å². The van der Waals surface area contributed by atoms with Gasteiger partial charge in [-0.3, -0.25) is 4.68 Å². The van der Waals surface area contributed by atoms with Crippen molar-refractivity contribution in [1.29, 1.82) is 0 Å². The van der Waals surface area contributed by atoms with Gasteiger partial charge in [0, 0.05) is 36.8 Å². The summed E-state index contributed by atoms with van der Waals surface area (Å²) in [5.41, 5.74) is 2.27. The lowest BCUT2D eigenvalue weighted by molar-refractivity contribution is 0.665. The molecule has 3 nitrogen and oxygen atoms in total.